The number of aliphatic imine (C=N–C) groups is 1. The summed E-state index contributed by atoms with van der Waals surface area (Å²) >= 11 is 1.77. The quantitative estimate of drug-likeness (QED) is 0.771. The molecule has 1 aromatic carbocycles. The predicted molar refractivity (Wildman–Crippen MR) is 104 cm³/mol. The summed E-state index contributed by atoms with van der Waals surface area (Å²) in [4.78, 5) is 21.7. The lowest BCUT2D eigenvalue weighted by atomic mass is 9.94. The highest BCUT2D eigenvalue weighted by atomic mass is 32.2. The van der Waals surface area contributed by atoms with E-state index in [0.717, 1.165) is 40.8 Å². The Bertz CT molecular complexity index is 710. The number of amidine groups is 1. The van der Waals surface area contributed by atoms with E-state index in [1.807, 2.05) is 27.9 Å². The minimum atomic E-state index is -0.264. The number of carbonyl (C=O) groups excluding carboxylic acids is 1. The number of esters is 1. The minimum Gasteiger partial charge on any atom is -0.463 e. The molecule has 0 spiro atoms. The van der Waals surface area contributed by atoms with Gasteiger partial charge in [0, 0.05) is 32.1 Å². The number of ether oxygens (including phenoxy) is 1. The lowest BCUT2D eigenvalue weighted by Gasteiger charge is -2.40. The van der Waals surface area contributed by atoms with Gasteiger partial charge in [-0.25, -0.2) is 9.79 Å². The van der Waals surface area contributed by atoms with E-state index in [-0.39, 0.29) is 12.0 Å². The first-order valence-electron chi connectivity index (χ1n) is 8.66. The van der Waals surface area contributed by atoms with Crippen LogP contribution in [-0.4, -0.2) is 49.0 Å². The van der Waals surface area contributed by atoms with Gasteiger partial charge in [0.15, 0.2) is 5.17 Å². The molecule has 0 saturated carbocycles. The lowest BCUT2D eigenvalue weighted by molar-refractivity contribution is -0.139. The number of nitrogens with zero attached hydrogens (tertiary/aromatic N) is 3. The van der Waals surface area contributed by atoms with Crippen LogP contribution in [0.2, 0.25) is 0 Å². The van der Waals surface area contributed by atoms with Crippen molar-refractivity contribution in [2.75, 3.05) is 37.9 Å². The van der Waals surface area contributed by atoms with Gasteiger partial charge in [-0.05, 0) is 38.0 Å². The van der Waals surface area contributed by atoms with Crippen LogP contribution >= 0.6 is 11.8 Å². The van der Waals surface area contributed by atoms with Crippen molar-refractivity contribution in [3.8, 4) is 0 Å². The van der Waals surface area contributed by atoms with Crippen LogP contribution in [0.3, 0.4) is 0 Å². The Morgan fingerprint density at radius 1 is 1.36 bits per heavy atom. The smallest absolute Gasteiger partial charge is 0.338 e. The molecule has 1 fully saturated rings. The number of carbonyl (C=O) groups is 1. The number of thioether (sulfide) groups is 1. The number of hydrogen-bond donors (Lipinski definition) is 0. The first-order chi connectivity index (χ1) is 12.0. The Labute approximate surface area is 153 Å². The van der Waals surface area contributed by atoms with E-state index in [9.17, 15) is 4.79 Å². The Morgan fingerprint density at radius 3 is 2.72 bits per heavy atom. The van der Waals surface area contributed by atoms with Gasteiger partial charge in [0.25, 0.3) is 0 Å². The summed E-state index contributed by atoms with van der Waals surface area (Å²) < 4.78 is 5.34. The third-order valence-corrected chi connectivity index (χ3v) is 5.56. The minimum absolute atomic E-state index is 0.129. The number of anilines is 1. The summed E-state index contributed by atoms with van der Waals surface area (Å²) in [5.74, 6) is 0.809. The molecule has 2 heterocycles. The van der Waals surface area contributed by atoms with Gasteiger partial charge in [-0.15, -0.1) is 0 Å². The van der Waals surface area contributed by atoms with Crippen molar-refractivity contribution < 1.29 is 9.53 Å². The van der Waals surface area contributed by atoms with Crippen molar-refractivity contribution >= 4 is 28.6 Å². The van der Waals surface area contributed by atoms with Crippen molar-refractivity contribution in [1.29, 1.82) is 0 Å². The number of hydrogen-bond acceptors (Lipinski definition) is 6. The zero-order valence-corrected chi connectivity index (χ0v) is 16.1. The molecule has 5 nitrogen and oxygen atoms in total. The molecule has 134 valence electrons. The van der Waals surface area contributed by atoms with Crippen molar-refractivity contribution in [3.05, 3.63) is 41.1 Å². The van der Waals surface area contributed by atoms with Gasteiger partial charge in [0.1, 0.15) is 0 Å². The van der Waals surface area contributed by atoms with Gasteiger partial charge < -0.3 is 14.5 Å². The second-order valence-electron chi connectivity index (χ2n) is 6.40. The standard InChI is InChI=1S/C19H25N3O2S/c1-5-24-18(23)16-13(2)20-19-22(11-6-12-25-19)17(16)14-7-9-15(10-8-14)21(3)4/h7-10,17H,5-6,11-12H2,1-4H3/t17-/m1/s1. The van der Waals surface area contributed by atoms with Gasteiger partial charge in [-0.3, -0.25) is 0 Å². The van der Waals surface area contributed by atoms with Gasteiger partial charge >= 0.3 is 5.97 Å². The summed E-state index contributed by atoms with van der Waals surface area (Å²) in [6, 6.07) is 8.27. The van der Waals surface area contributed by atoms with Crippen LogP contribution in [0.15, 0.2) is 40.5 Å². The molecule has 25 heavy (non-hydrogen) atoms. The zero-order valence-electron chi connectivity index (χ0n) is 15.3. The van der Waals surface area contributed by atoms with Crippen LogP contribution in [0.1, 0.15) is 31.9 Å². The number of fused-ring (bicyclic) bond motifs is 1. The molecule has 3 rings (SSSR count). The molecule has 0 N–H and O–H groups in total. The maximum absolute atomic E-state index is 12.7. The van der Waals surface area contributed by atoms with Crippen LogP contribution < -0.4 is 4.90 Å². The molecule has 0 unspecified atom stereocenters. The predicted octanol–water partition coefficient (Wildman–Crippen LogP) is 3.44. The highest BCUT2D eigenvalue weighted by Crippen LogP contribution is 2.40. The van der Waals surface area contributed by atoms with Gasteiger partial charge in [-0.1, -0.05) is 23.9 Å². The molecule has 0 amide bonds. The summed E-state index contributed by atoms with van der Waals surface area (Å²) in [6.45, 7) is 5.02. The van der Waals surface area contributed by atoms with Crippen LogP contribution in [0.4, 0.5) is 5.69 Å². The van der Waals surface area contributed by atoms with E-state index in [2.05, 4.69) is 39.1 Å². The number of rotatable bonds is 4. The SMILES string of the molecule is CCOC(=O)C1=C(C)N=C2SCCCN2[C@@H]1c1ccc(N(C)C)cc1. The summed E-state index contributed by atoms with van der Waals surface area (Å²) in [6.07, 6.45) is 1.09. The molecule has 1 saturated heterocycles. The molecule has 2 aliphatic rings. The molecule has 1 aromatic rings. The monoisotopic (exact) mass is 359 g/mol. The second kappa shape index (κ2) is 7.52. The molecule has 2 aliphatic heterocycles. The van der Waals surface area contributed by atoms with E-state index >= 15 is 0 Å². The van der Waals surface area contributed by atoms with Crippen molar-refractivity contribution in [2.24, 2.45) is 4.99 Å². The fourth-order valence-corrected chi connectivity index (χ4v) is 4.26. The highest BCUT2D eigenvalue weighted by molar-refractivity contribution is 8.13. The maximum Gasteiger partial charge on any atom is 0.338 e. The van der Waals surface area contributed by atoms with E-state index in [0.29, 0.717) is 12.2 Å². The Balaban J connectivity index is 2.05. The molecule has 0 radical (unpaired) electrons. The summed E-state index contributed by atoms with van der Waals surface area (Å²) in [5, 5.41) is 1.01. The summed E-state index contributed by atoms with van der Waals surface area (Å²) in [5.41, 5.74) is 3.66. The largest absolute Gasteiger partial charge is 0.463 e. The van der Waals surface area contributed by atoms with Crippen LogP contribution in [0, 0.1) is 0 Å². The topological polar surface area (TPSA) is 45.1 Å². The second-order valence-corrected chi connectivity index (χ2v) is 7.46. The van der Waals surface area contributed by atoms with E-state index in [4.69, 9.17) is 4.74 Å². The first kappa shape index (κ1) is 17.9. The average molecular weight is 359 g/mol. The normalized spacial score (nSPS) is 20.1. The lowest BCUT2D eigenvalue weighted by Crippen LogP contribution is -2.42. The molecule has 0 aliphatic carbocycles. The highest BCUT2D eigenvalue weighted by Gasteiger charge is 2.37. The molecule has 0 bridgehead atoms. The molecular formula is C19H25N3O2S. The van der Waals surface area contributed by atoms with E-state index < -0.39 is 0 Å². The van der Waals surface area contributed by atoms with Gasteiger partial charge in [0.2, 0.25) is 0 Å². The molecular weight excluding hydrogens is 334 g/mol. The maximum atomic E-state index is 12.7. The first-order valence-corrected chi connectivity index (χ1v) is 9.64. The third kappa shape index (κ3) is 3.54. The Morgan fingerprint density at radius 2 is 2.08 bits per heavy atom. The van der Waals surface area contributed by atoms with Crippen molar-refractivity contribution in [2.45, 2.75) is 26.3 Å². The average Bonchev–Trinajstić information content (AvgIpc) is 2.60. The fourth-order valence-electron chi connectivity index (χ4n) is 3.24. The number of allylic oxidation sites excluding steroid dienone is 1. The zero-order chi connectivity index (χ0) is 18.0. The molecule has 0 aromatic heterocycles. The summed E-state index contributed by atoms with van der Waals surface area (Å²) in [7, 11) is 4.05. The van der Waals surface area contributed by atoms with Crippen LogP contribution in [-0.2, 0) is 9.53 Å². The van der Waals surface area contributed by atoms with Gasteiger partial charge in [0.05, 0.1) is 23.9 Å². The molecule has 6 heteroatoms. The van der Waals surface area contributed by atoms with Crippen molar-refractivity contribution in [3.63, 3.8) is 0 Å². The molecule has 1 atom stereocenters. The van der Waals surface area contributed by atoms with E-state index in [1.165, 1.54) is 0 Å². The fraction of sp³-hybridized carbons (Fsp3) is 0.474. The van der Waals surface area contributed by atoms with Crippen LogP contribution in [0.25, 0.3) is 0 Å². The van der Waals surface area contributed by atoms with Crippen LogP contribution in [0.5, 0.6) is 0 Å². The van der Waals surface area contributed by atoms with Crippen molar-refractivity contribution in [1.82, 2.24) is 4.90 Å². The van der Waals surface area contributed by atoms with E-state index in [1.54, 1.807) is 11.8 Å². The Hall–Kier alpha value is -1.95. The van der Waals surface area contributed by atoms with Gasteiger partial charge in [-0.2, -0.15) is 0 Å². The number of benzene rings is 1. The Kier molecular flexibility index (Phi) is 5.37. The third-order valence-electron chi connectivity index (χ3n) is 4.48.